The number of piperazine rings is 1. The van der Waals surface area contributed by atoms with Gasteiger partial charge in [-0.2, -0.15) is 4.31 Å². The number of rotatable bonds is 3. The molecule has 8 nitrogen and oxygen atoms in total. The monoisotopic (exact) mass is 308 g/mol. The number of aromatic nitrogens is 4. The Morgan fingerprint density at radius 2 is 2.24 bits per heavy atom. The lowest BCUT2D eigenvalue weighted by Gasteiger charge is -2.34. The van der Waals surface area contributed by atoms with E-state index in [9.17, 15) is 8.42 Å². The van der Waals surface area contributed by atoms with Crippen molar-refractivity contribution in [3.63, 3.8) is 0 Å². The van der Waals surface area contributed by atoms with Gasteiger partial charge in [0.15, 0.2) is 5.03 Å². The van der Waals surface area contributed by atoms with E-state index in [1.165, 1.54) is 15.2 Å². The van der Waals surface area contributed by atoms with E-state index < -0.39 is 10.0 Å². The second-order valence-corrected chi connectivity index (χ2v) is 6.66. The van der Waals surface area contributed by atoms with E-state index in [1.54, 1.807) is 25.5 Å². The molecule has 0 spiro atoms. The molecule has 0 aliphatic carbocycles. The molecule has 3 heterocycles. The molecule has 3 rings (SSSR count). The Morgan fingerprint density at radius 3 is 2.90 bits per heavy atom. The molecule has 1 saturated heterocycles. The predicted molar refractivity (Wildman–Crippen MR) is 74.7 cm³/mol. The van der Waals surface area contributed by atoms with Crippen LogP contribution >= 0.6 is 0 Å². The van der Waals surface area contributed by atoms with Crippen molar-refractivity contribution in [2.24, 2.45) is 7.05 Å². The highest BCUT2D eigenvalue weighted by Crippen LogP contribution is 2.27. The average molecular weight is 308 g/mol. The summed E-state index contributed by atoms with van der Waals surface area (Å²) in [5, 5.41) is 10.7. The van der Waals surface area contributed by atoms with Crippen molar-refractivity contribution in [2.75, 3.05) is 19.6 Å². The molecule has 1 unspecified atom stereocenters. The fourth-order valence-corrected chi connectivity index (χ4v) is 4.12. The van der Waals surface area contributed by atoms with E-state index >= 15 is 0 Å². The van der Waals surface area contributed by atoms with Crippen molar-refractivity contribution in [3.8, 4) is 0 Å². The normalized spacial score (nSPS) is 20.5. The molecule has 1 aliphatic rings. The summed E-state index contributed by atoms with van der Waals surface area (Å²) in [4.78, 5) is 4.08. The first-order chi connectivity index (χ1) is 10.1. The van der Waals surface area contributed by atoms with Gasteiger partial charge in [0, 0.05) is 39.1 Å². The van der Waals surface area contributed by atoms with Gasteiger partial charge in [-0.15, -0.1) is 5.10 Å². The summed E-state index contributed by atoms with van der Waals surface area (Å²) >= 11 is 0. The number of hydrogen-bond donors (Lipinski definition) is 1. The number of nitrogens with one attached hydrogen (secondary N) is 1. The van der Waals surface area contributed by atoms with Crippen LogP contribution in [0.5, 0.6) is 0 Å². The molecule has 21 heavy (non-hydrogen) atoms. The SMILES string of the molecule is Cn1nncc1S(=O)(=O)N1CCNCC1c1cccnc1. The number of hydrogen-bond acceptors (Lipinski definition) is 6. The molecule has 112 valence electrons. The molecule has 0 radical (unpaired) electrons. The Kier molecular flexibility index (Phi) is 3.70. The molecular weight excluding hydrogens is 292 g/mol. The van der Waals surface area contributed by atoms with E-state index in [2.05, 4.69) is 20.6 Å². The highest BCUT2D eigenvalue weighted by molar-refractivity contribution is 7.89. The Hall–Kier alpha value is -1.84. The summed E-state index contributed by atoms with van der Waals surface area (Å²) in [5.74, 6) is 0. The van der Waals surface area contributed by atoms with Crippen molar-refractivity contribution in [1.29, 1.82) is 0 Å². The molecule has 1 N–H and O–H groups in total. The minimum atomic E-state index is -3.64. The van der Waals surface area contributed by atoms with Gasteiger partial charge >= 0.3 is 0 Å². The number of sulfonamides is 1. The maximum Gasteiger partial charge on any atom is 0.262 e. The van der Waals surface area contributed by atoms with E-state index in [0.29, 0.717) is 19.6 Å². The molecule has 1 fully saturated rings. The molecule has 2 aromatic heterocycles. The van der Waals surface area contributed by atoms with Crippen LogP contribution in [-0.2, 0) is 17.1 Å². The Bertz CT molecular complexity index is 714. The van der Waals surface area contributed by atoms with Crippen molar-refractivity contribution in [1.82, 2.24) is 29.6 Å². The van der Waals surface area contributed by atoms with Crippen molar-refractivity contribution < 1.29 is 8.42 Å². The predicted octanol–water partition coefficient (Wildman–Crippen LogP) is -0.455. The highest BCUT2D eigenvalue weighted by Gasteiger charge is 2.36. The molecule has 1 atom stereocenters. The van der Waals surface area contributed by atoms with Gasteiger partial charge in [0.25, 0.3) is 10.0 Å². The maximum absolute atomic E-state index is 12.8. The largest absolute Gasteiger partial charge is 0.313 e. The van der Waals surface area contributed by atoms with Crippen LogP contribution in [-0.4, -0.2) is 52.3 Å². The van der Waals surface area contributed by atoms with Crippen LogP contribution in [0.3, 0.4) is 0 Å². The third-order valence-corrected chi connectivity index (χ3v) is 5.46. The Balaban J connectivity index is 2.01. The third-order valence-electron chi connectivity index (χ3n) is 3.51. The zero-order valence-electron chi connectivity index (χ0n) is 11.5. The second kappa shape index (κ2) is 5.51. The molecular formula is C12H16N6O2S. The molecule has 0 amide bonds. The van der Waals surface area contributed by atoms with Gasteiger partial charge < -0.3 is 5.32 Å². The smallest absolute Gasteiger partial charge is 0.262 e. The lowest BCUT2D eigenvalue weighted by Crippen LogP contribution is -2.48. The fourth-order valence-electron chi connectivity index (χ4n) is 2.46. The summed E-state index contributed by atoms with van der Waals surface area (Å²) in [6.45, 7) is 1.56. The highest BCUT2D eigenvalue weighted by atomic mass is 32.2. The molecule has 0 aromatic carbocycles. The standard InChI is InChI=1S/C12H16N6O2S/c1-17-12(9-15-16-17)21(19,20)18-6-5-14-8-11(18)10-3-2-4-13-7-10/h2-4,7,9,11,14H,5-6,8H2,1H3. The number of pyridine rings is 1. The Morgan fingerprint density at radius 1 is 1.38 bits per heavy atom. The van der Waals surface area contributed by atoms with Gasteiger partial charge in [-0.3, -0.25) is 4.98 Å². The quantitative estimate of drug-likeness (QED) is 0.825. The van der Waals surface area contributed by atoms with Gasteiger partial charge in [-0.1, -0.05) is 11.3 Å². The summed E-state index contributed by atoms with van der Waals surface area (Å²) in [5.41, 5.74) is 0.864. The summed E-state index contributed by atoms with van der Waals surface area (Å²) in [6, 6.07) is 3.40. The van der Waals surface area contributed by atoms with Crippen LogP contribution in [0.15, 0.2) is 35.7 Å². The molecule has 2 aromatic rings. The fraction of sp³-hybridized carbons (Fsp3) is 0.417. The topological polar surface area (TPSA) is 93.0 Å². The van der Waals surface area contributed by atoms with E-state index in [0.717, 1.165) is 5.56 Å². The summed E-state index contributed by atoms with van der Waals surface area (Å²) in [6.07, 6.45) is 4.64. The molecule has 0 saturated carbocycles. The van der Waals surface area contributed by atoms with E-state index in [1.807, 2.05) is 6.07 Å². The summed E-state index contributed by atoms with van der Waals surface area (Å²) in [7, 11) is -2.07. The third kappa shape index (κ3) is 2.55. The van der Waals surface area contributed by atoms with Crippen LogP contribution < -0.4 is 5.32 Å². The van der Waals surface area contributed by atoms with Gasteiger partial charge in [0.1, 0.15) is 0 Å². The zero-order chi connectivity index (χ0) is 14.9. The van der Waals surface area contributed by atoms with Crippen molar-refractivity contribution >= 4 is 10.0 Å². The number of nitrogens with zero attached hydrogens (tertiary/aromatic N) is 5. The first-order valence-electron chi connectivity index (χ1n) is 6.58. The van der Waals surface area contributed by atoms with Crippen LogP contribution in [0.2, 0.25) is 0 Å². The summed E-state index contributed by atoms with van der Waals surface area (Å²) < 4.78 is 28.4. The average Bonchev–Trinajstić information content (AvgIpc) is 2.95. The number of aryl methyl sites for hydroxylation is 1. The molecule has 9 heteroatoms. The minimum absolute atomic E-state index is 0.0956. The first kappa shape index (κ1) is 14.1. The Labute approximate surface area is 122 Å². The van der Waals surface area contributed by atoms with Crippen LogP contribution in [0.1, 0.15) is 11.6 Å². The van der Waals surface area contributed by atoms with E-state index in [-0.39, 0.29) is 11.1 Å². The van der Waals surface area contributed by atoms with Crippen LogP contribution in [0, 0.1) is 0 Å². The van der Waals surface area contributed by atoms with Crippen LogP contribution in [0.25, 0.3) is 0 Å². The first-order valence-corrected chi connectivity index (χ1v) is 8.02. The maximum atomic E-state index is 12.8. The van der Waals surface area contributed by atoms with Gasteiger partial charge in [-0.25, -0.2) is 13.1 Å². The second-order valence-electron chi connectivity index (χ2n) is 4.82. The zero-order valence-corrected chi connectivity index (χ0v) is 12.4. The van der Waals surface area contributed by atoms with Crippen molar-refractivity contribution in [2.45, 2.75) is 11.1 Å². The van der Waals surface area contributed by atoms with Crippen LogP contribution in [0.4, 0.5) is 0 Å². The lowest BCUT2D eigenvalue weighted by atomic mass is 10.1. The van der Waals surface area contributed by atoms with Crippen molar-refractivity contribution in [3.05, 3.63) is 36.3 Å². The van der Waals surface area contributed by atoms with Gasteiger partial charge in [0.05, 0.1) is 12.2 Å². The van der Waals surface area contributed by atoms with Gasteiger partial charge in [-0.05, 0) is 11.6 Å². The molecule has 0 bridgehead atoms. The van der Waals surface area contributed by atoms with Gasteiger partial charge in [0.2, 0.25) is 0 Å². The lowest BCUT2D eigenvalue weighted by molar-refractivity contribution is 0.269. The van der Waals surface area contributed by atoms with E-state index in [4.69, 9.17) is 0 Å². The minimum Gasteiger partial charge on any atom is -0.313 e. The molecule has 1 aliphatic heterocycles.